The number of nitrogens with zero attached hydrogens (tertiary/aromatic N) is 2. The number of methoxy groups -OCH3 is 1. The Morgan fingerprint density at radius 3 is 2.61 bits per heavy atom. The Kier molecular flexibility index (Phi) is 9.27. The van der Waals surface area contributed by atoms with E-state index < -0.39 is 0 Å². The predicted molar refractivity (Wildman–Crippen MR) is 153 cm³/mol. The fraction of sp³-hybridized carbons (Fsp3) is 0.606. The van der Waals surface area contributed by atoms with Crippen LogP contribution in [0.1, 0.15) is 68.9 Å². The Balaban J connectivity index is 1.17. The van der Waals surface area contributed by atoms with Crippen molar-refractivity contribution in [2.45, 2.75) is 70.6 Å². The third kappa shape index (κ3) is 7.31. The van der Waals surface area contributed by atoms with E-state index in [2.05, 4.69) is 40.1 Å². The maximum atomic E-state index is 13.1. The van der Waals surface area contributed by atoms with Crippen molar-refractivity contribution in [3.63, 3.8) is 0 Å². The highest BCUT2D eigenvalue weighted by atomic mass is 16.5. The zero-order valence-electron chi connectivity index (χ0n) is 23.3. The van der Waals surface area contributed by atoms with Crippen LogP contribution < -0.4 is 9.47 Å². The topological polar surface area (TPSA) is 42.0 Å². The van der Waals surface area contributed by atoms with Crippen LogP contribution in [0, 0.1) is 11.3 Å². The first-order valence-electron chi connectivity index (χ1n) is 15.0. The van der Waals surface area contributed by atoms with Gasteiger partial charge in [-0.2, -0.15) is 0 Å². The Morgan fingerprint density at radius 2 is 1.79 bits per heavy atom. The quantitative estimate of drug-likeness (QED) is 0.441. The Labute approximate surface area is 229 Å². The molecule has 5 nitrogen and oxygen atoms in total. The fourth-order valence-electron chi connectivity index (χ4n) is 6.54. The maximum absolute atomic E-state index is 13.1. The molecule has 0 radical (unpaired) electrons. The highest BCUT2D eigenvalue weighted by Crippen LogP contribution is 2.40. The van der Waals surface area contributed by atoms with Gasteiger partial charge >= 0.3 is 0 Å². The van der Waals surface area contributed by atoms with Gasteiger partial charge in [-0.05, 0) is 92.4 Å². The molecule has 2 heterocycles. The molecular weight excluding hydrogens is 472 g/mol. The molecule has 2 aromatic rings. The Morgan fingerprint density at radius 1 is 1.00 bits per heavy atom. The summed E-state index contributed by atoms with van der Waals surface area (Å²) in [6, 6.07) is 16.7. The first-order valence-corrected chi connectivity index (χ1v) is 15.0. The lowest BCUT2D eigenvalue weighted by Crippen LogP contribution is -2.49. The molecule has 2 aromatic carbocycles. The van der Waals surface area contributed by atoms with Crippen LogP contribution in [0.15, 0.2) is 48.5 Å². The predicted octanol–water partition coefficient (Wildman–Crippen LogP) is 6.14. The SMILES string of the molecule is COc1ccccc1CCCC(=O)N1CCC2(CCCCc3ccccc3OCCN(CC3CC3)C2)CC1. The van der Waals surface area contributed by atoms with Gasteiger partial charge in [0.2, 0.25) is 5.91 Å². The van der Waals surface area contributed by atoms with Gasteiger partial charge in [0.05, 0.1) is 7.11 Å². The van der Waals surface area contributed by atoms with Crippen molar-refractivity contribution in [1.82, 2.24) is 9.80 Å². The number of rotatable bonds is 7. The largest absolute Gasteiger partial charge is 0.496 e. The van der Waals surface area contributed by atoms with Gasteiger partial charge < -0.3 is 14.4 Å². The van der Waals surface area contributed by atoms with Gasteiger partial charge in [-0.25, -0.2) is 0 Å². The number of carbonyl (C=O) groups is 1. The zero-order chi connectivity index (χ0) is 26.2. The number of para-hydroxylation sites is 2. The number of carbonyl (C=O) groups excluding carboxylic acids is 1. The van der Waals surface area contributed by atoms with Crippen LogP contribution >= 0.6 is 0 Å². The minimum Gasteiger partial charge on any atom is -0.496 e. The van der Waals surface area contributed by atoms with E-state index in [0.29, 0.717) is 17.7 Å². The summed E-state index contributed by atoms with van der Waals surface area (Å²) in [7, 11) is 1.72. The monoisotopic (exact) mass is 518 g/mol. The van der Waals surface area contributed by atoms with Crippen molar-refractivity contribution >= 4 is 5.91 Å². The molecule has 1 spiro atoms. The molecular formula is C33H46N2O3. The van der Waals surface area contributed by atoms with Crippen LogP contribution in [-0.4, -0.2) is 62.1 Å². The van der Waals surface area contributed by atoms with Crippen molar-refractivity contribution in [2.24, 2.45) is 11.3 Å². The van der Waals surface area contributed by atoms with Crippen LogP contribution in [0.3, 0.4) is 0 Å². The number of hydrogen-bond donors (Lipinski definition) is 0. The third-order valence-corrected chi connectivity index (χ3v) is 9.02. The Bertz CT molecular complexity index is 1040. The second kappa shape index (κ2) is 13.0. The fourth-order valence-corrected chi connectivity index (χ4v) is 6.54. The smallest absolute Gasteiger partial charge is 0.222 e. The standard InChI is InChI=1S/C33H46N2O3/c1-37-30-13-4-2-9-28(30)12-8-15-32(36)35-21-19-33(20-22-35)18-7-6-11-29-10-3-5-14-31(29)38-24-23-34(26-33)25-27-16-17-27/h2-5,9-10,13-14,27H,6-8,11-12,15-26H2,1H3. The van der Waals surface area contributed by atoms with E-state index in [9.17, 15) is 4.79 Å². The van der Waals surface area contributed by atoms with E-state index in [1.807, 2.05) is 18.2 Å². The number of ether oxygens (including phenoxy) is 2. The molecule has 0 bridgehead atoms. The summed E-state index contributed by atoms with van der Waals surface area (Å²) in [6.45, 7) is 5.94. The lowest BCUT2D eigenvalue weighted by Gasteiger charge is -2.45. The lowest BCUT2D eigenvalue weighted by atomic mass is 9.73. The van der Waals surface area contributed by atoms with Crippen molar-refractivity contribution in [3.8, 4) is 11.5 Å². The normalized spacial score (nSPS) is 20.6. The number of aryl methyl sites for hydroxylation is 2. The molecule has 0 unspecified atom stereocenters. The number of likely N-dealkylation sites (tertiary alicyclic amines) is 1. The molecule has 5 rings (SSSR count). The van der Waals surface area contributed by atoms with E-state index in [1.54, 1.807) is 7.11 Å². The van der Waals surface area contributed by atoms with Gasteiger partial charge in [0, 0.05) is 39.1 Å². The first kappa shape index (κ1) is 27.1. The van der Waals surface area contributed by atoms with Crippen LogP contribution in [0.25, 0.3) is 0 Å². The van der Waals surface area contributed by atoms with Gasteiger partial charge in [-0.15, -0.1) is 0 Å². The van der Waals surface area contributed by atoms with Gasteiger partial charge in [0.15, 0.2) is 0 Å². The van der Waals surface area contributed by atoms with Crippen LogP contribution in [-0.2, 0) is 17.6 Å². The van der Waals surface area contributed by atoms with Gasteiger partial charge in [0.1, 0.15) is 18.1 Å². The van der Waals surface area contributed by atoms with Gasteiger partial charge in [-0.1, -0.05) is 42.8 Å². The molecule has 1 amide bonds. The van der Waals surface area contributed by atoms with Crippen molar-refractivity contribution < 1.29 is 14.3 Å². The molecule has 38 heavy (non-hydrogen) atoms. The van der Waals surface area contributed by atoms with Crippen LogP contribution in [0.4, 0.5) is 0 Å². The molecule has 1 aliphatic carbocycles. The second-order valence-corrected chi connectivity index (χ2v) is 11.9. The maximum Gasteiger partial charge on any atom is 0.222 e. The molecule has 2 aliphatic heterocycles. The van der Waals surface area contributed by atoms with E-state index in [0.717, 1.165) is 82.3 Å². The molecule has 3 aliphatic rings. The van der Waals surface area contributed by atoms with E-state index in [4.69, 9.17) is 9.47 Å². The van der Waals surface area contributed by atoms with Crippen LogP contribution in [0.2, 0.25) is 0 Å². The minimum absolute atomic E-state index is 0.321. The molecule has 0 N–H and O–H groups in total. The summed E-state index contributed by atoms with van der Waals surface area (Å²) in [5.41, 5.74) is 2.86. The van der Waals surface area contributed by atoms with Crippen molar-refractivity contribution in [1.29, 1.82) is 0 Å². The summed E-state index contributed by atoms with van der Waals surface area (Å²) in [4.78, 5) is 18.0. The Hall–Kier alpha value is -2.53. The number of fused-ring (bicyclic) bond motifs is 1. The third-order valence-electron chi connectivity index (χ3n) is 9.02. The first-order chi connectivity index (χ1) is 18.6. The summed E-state index contributed by atoms with van der Waals surface area (Å²) < 4.78 is 11.8. The van der Waals surface area contributed by atoms with E-state index in [-0.39, 0.29) is 0 Å². The van der Waals surface area contributed by atoms with E-state index in [1.165, 1.54) is 49.8 Å². The number of piperidine rings is 1. The summed E-state index contributed by atoms with van der Waals surface area (Å²) in [5, 5.41) is 0. The van der Waals surface area contributed by atoms with E-state index >= 15 is 0 Å². The molecule has 1 saturated carbocycles. The number of benzene rings is 2. The lowest BCUT2D eigenvalue weighted by molar-refractivity contribution is -0.134. The van der Waals surface area contributed by atoms with Crippen molar-refractivity contribution in [3.05, 3.63) is 59.7 Å². The number of hydrogen-bond acceptors (Lipinski definition) is 4. The van der Waals surface area contributed by atoms with Crippen LogP contribution in [0.5, 0.6) is 11.5 Å². The average Bonchev–Trinajstić information content (AvgIpc) is 3.76. The highest BCUT2D eigenvalue weighted by molar-refractivity contribution is 5.76. The zero-order valence-corrected chi connectivity index (χ0v) is 23.3. The highest BCUT2D eigenvalue weighted by Gasteiger charge is 2.38. The summed E-state index contributed by atoms with van der Waals surface area (Å²) >= 11 is 0. The van der Waals surface area contributed by atoms with Gasteiger partial charge in [-0.3, -0.25) is 9.69 Å². The molecule has 206 valence electrons. The molecule has 5 heteroatoms. The minimum atomic E-state index is 0.321. The van der Waals surface area contributed by atoms with Crippen molar-refractivity contribution in [2.75, 3.05) is 46.4 Å². The molecule has 1 saturated heterocycles. The number of amides is 1. The molecule has 0 aromatic heterocycles. The average molecular weight is 519 g/mol. The summed E-state index contributed by atoms with van der Waals surface area (Å²) in [6.07, 6.45) is 12.2. The molecule has 0 atom stereocenters. The molecule has 2 fully saturated rings. The summed E-state index contributed by atoms with van der Waals surface area (Å²) in [5.74, 6) is 3.19. The van der Waals surface area contributed by atoms with Gasteiger partial charge in [0.25, 0.3) is 0 Å². The second-order valence-electron chi connectivity index (χ2n) is 11.9.